The topological polar surface area (TPSA) is 50.4 Å². The van der Waals surface area contributed by atoms with E-state index in [0.29, 0.717) is 11.9 Å². The summed E-state index contributed by atoms with van der Waals surface area (Å²) >= 11 is 0. The normalized spacial score (nSPS) is 32.2. The maximum atomic E-state index is 5.49. The fourth-order valence-electron chi connectivity index (χ4n) is 0.948. The van der Waals surface area contributed by atoms with Gasteiger partial charge in [-0.3, -0.25) is 4.99 Å². The van der Waals surface area contributed by atoms with Gasteiger partial charge in [-0.2, -0.15) is 0 Å². The summed E-state index contributed by atoms with van der Waals surface area (Å²) in [6, 6.07) is 0. The van der Waals surface area contributed by atoms with Crippen LogP contribution in [0.3, 0.4) is 0 Å². The van der Waals surface area contributed by atoms with E-state index < -0.39 is 0 Å². The summed E-state index contributed by atoms with van der Waals surface area (Å²) in [5, 5.41) is 3.16. The Morgan fingerprint density at radius 2 is 2.30 bits per heavy atom. The minimum atomic E-state index is 0.0874. The molecule has 58 valence electrons. The van der Waals surface area contributed by atoms with Gasteiger partial charge >= 0.3 is 0 Å². The molecule has 1 atom stereocenters. The maximum Gasteiger partial charge on any atom is 0.189 e. The van der Waals surface area contributed by atoms with Crippen molar-refractivity contribution in [2.24, 2.45) is 16.6 Å². The first kappa shape index (κ1) is 7.38. The standard InChI is InChI=1S/C7H15N3/c1-5(2)7(3)4-9-6(8)10-7/h5H,4H2,1-3H3,(H3,8,9,10). The van der Waals surface area contributed by atoms with E-state index in [-0.39, 0.29) is 5.54 Å². The van der Waals surface area contributed by atoms with Crippen LogP contribution in [-0.4, -0.2) is 18.0 Å². The third-order valence-corrected chi connectivity index (χ3v) is 2.27. The number of nitrogens with two attached hydrogens (primary N) is 1. The van der Waals surface area contributed by atoms with E-state index in [0.717, 1.165) is 6.54 Å². The van der Waals surface area contributed by atoms with Crippen LogP contribution < -0.4 is 11.1 Å². The lowest BCUT2D eigenvalue weighted by Gasteiger charge is -2.28. The lowest BCUT2D eigenvalue weighted by Crippen LogP contribution is -2.49. The average Bonchev–Trinajstić information content (AvgIpc) is 2.13. The fourth-order valence-corrected chi connectivity index (χ4v) is 0.948. The van der Waals surface area contributed by atoms with Gasteiger partial charge in [0.15, 0.2) is 5.96 Å². The number of aliphatic imine (C=N–C) groups is 1. The Morgan fingerprint density at radius 1 is 1.70 bits per heavy atom. The number of rotatable bonds is 1. The number of guanidine groups is 1. The molecule has 0 fully saturated rings. The molecule has 3 heteroatoms. The van der Waals surface area contributed by atoms with E-state index in [9.17, 15) is 0 Å². The largest absolute Gasteiger partial charge is 0.370 e. The van der Waals surface area contributed by atoms with Crippen LogP contribution in [0.4, 0.5) is 0 Å². The van der Waals surface area contributed by atoms with E-state index >= 15 is 0 Å². The van der Waals surface area contributed by atoms with E-state index in [1.54, 1.807) is 0 Å². The molecule has 0 aromatic rings. The highest BCUT2D eigenvalue weighted by Gasteiger charge is 2.32. The summed E-state index contributed by atoms with van der Waals surface area (Å²) in [7, 11) is 0. The Bertz CT molecular complexity index is 162. The number of hydrogen-bond donors (Lipinski definition) is 2. The van der Waals surface area contributed by atoms with Crippen molar-refractivity contribution in [1.82, 2.24) is 5.32 Å². The zero-order valence-electron chi connectivity index (χ0n) is 6.81. The summed E-state index contributed by atoms with van der Waals surface area (Å²) in [5.74, 6) is 1.15. The average molecular weight is 141 g/mol. The Kier molecular flexibility index (Phi) is 1.58. The molecule has 0 saturated heterocycles. The molecule has 0 aromatic heterocycles. The highest BCUT2D eigenvalue weighted by molar-refractivity contribution is 5.80. The quantitative estimate of drug-likeness (QED) is 0.552. The Morgan fingerprint density at radius 3 is 2.50 bits per heavy atom. The Balaban J connectivity index is 2.61. The molecule has 1 rings (SSSR count). The zero-order chi connectivity index (χ0) is 7.78. The molecule has 0 saturated carbocycles. The van der Waals surface area contributed by atoms with Gasteiger partial charge in [-0.05, 0) is 12.8 Å². The SMILES string of the molecule is CC(C)C1(C)CN=C(N)N1. The van der Waals surface area contributed by atoms with Gasteiger partial charge in [-0.25, -0.2) is 0 Å². The Hall–Kier alpha value is -0.730. The molecule has 0 aliphatic carbocycles. The van der Waals surface area contributed by atoms with Gasteiger partial charge in [0.05, 0.1) is 12.1 Å². The molecular weight excluding hydrogens is 126 g/mol. The van der Waals surface area contributed by atoms with Crippen LogP contribution in [0.1, 0.15) is 20.8 Å². The van der Waals surface area contributed by atoms with Gasteiger partial charge in [-0.1, -0.05) is 13.8 Å². The molecule has 0 bridgehead atoms. The van der Waals surface area contributed by atoms with Crippen LogP contribution in [0.15, 0.2) is 4.99 Å². The van der Waals surface area contributed by atoms with Gasteiger partial charge in [0, 0.05) is 0 Å². The Labute approximate surface area is 61.7 Å². The summed E-state index contributed by atoms with van der Waals surface area (Å²) < 4.78 is 0. The predicted molar refractivity (Wildman–Crippen MR) is 42.9 cm³/mol. The molecule has 0 radical (unpaired) electrons. The van der Waals surface area contributed by atoms with Gasteiger partial charge in [0.25, 0.3) is 0 Å². The highest BCUT2D eigenvalue weighted by Crippen LogP contribution is 2.19. The van der Waals surface area contributed by atoms with Crippen molar-refractivity contribution in [2.75, 3.05) is 6.54 Å². The van der Waals surface area contributed by atoms with E-state index in [4.69, 9.17) is 5.73 Å². The first-order chi connectivity index (χ1) is 4.54. The van der Waals surface area contributed by atoms with Gasteiger partial charge in [0.1, 0.15) is 0 Å². The van der Waals surface area contributed by atoms with Crippen LogP contribution in [0.2, 0.25) is 0 Å². The smallest absolute Gasteiger partial charge is 0.189 e. The van der Waals surface area contributed by atoms with Crippen LogP contribution >= 0.6 is 0 Å². The molecule has 1 aliphatic heterocycles. The lowest BCUT2D eigenvalue weighted by atomic mass is 9.89. The van der Waals surface area contributed by atoms with Crippen molar-refractivity contribution in [3.8, 4) is 0 Å². The molecule has 0 spiro atoms. The minimum absolute atomic E-state index is 0.0874. The minimum Gasteiger partial charge on any atom is -0.370 e. The van der Waals surface area contributed by atoms with Crippen molar-refractivity contribution >= 4 is 5.96 Å². The molecule has 0 aromatic carbocycles. The molecule has 1 unspecified atom stereocenters. The lowest BCUT2D eigenvalue weighted by molar-refractivity contribution is 0.330. The second-order valence-electron chi connectivity index (χ2n) is 3.40. The molecular formula is C7H15N3. The van der Waals surface area contributed by atoms with E-state index in [1.165, 1.54) is 0 Å². The second-order valence-corrected chi connectivity index (χ2v) is 3.40. The fraction of sp³-hybridized carbons (Fsp3) is 0.857. The van der Waals surface area contributed by atoms with Crippen LogP contribution in [0.5, 0.6) is 0 Å². The zero-order valence-corrected chi connectivity index (χ0v) is 6.81. The van der Waals surface area contributed by atoms with Crippen molar-refractivity contribution in [3.05, 3.63) is 0 Å². The predicted octanol–water partition coefficient (Wildman–Crippen LogP) is 0.319. The molecule has 3 nitrogen and oxygen atoms in total. The maximum absolute atomic E-state index is 5.49. The van der Waals surface area contributed by atoms with Gasteiger partial charge < -0.3 is 11.1 Å². The highest BCUT2D eigenvalue weighted by atomic mass is 15.2. The second kappa shape index (κ2) is 2.15. The van der Waals surface area contributed by atoms with Gasteiger partial charge in [0.2, 0.25) is 0 Å². The van der Waals surface area contributed by atoms with Crippen molar-refractivity contribution < 1.29 is 0 Å². The molecule has 3 N–H and O–H groups in total. The monoisotopic (exact) mass is 141 g/mol. The molecule has 1 aliphatic rings. The summed E-state index contributed by atoms with van der Waals surface area (Å²) in [5.41, 5.74) is 5.57. The summed E-state index contributed by atoms with van der Waals surface area (Å²) in [6.07, 6.45) is 0. The summed E-state index contributed by atoms with van der Waals surface area (Å²) in [6.45, 7) is 7.28. The van der Waals surface area contributed by atoms with Crippen molar-refractivity contribution in [1.29, 1.82) is 0 Å². The first-order valence-electron chi connectivity index (χ1n) is 3.63. The van der Waals surface area contributed by atoms with E-state index in [1.807, 2.05) is 0 Å². The third kappa shape index (κ3) is 1.08. The number of nitrogens with zero attached hydrogens (tertiary/aromatic N) is 1. The van der Waals surface area contributed by atoms with Crippen molar-refractivity contribution in [3.63, 3.8) is 0 Å². The number of hydrogen-bond acceptors (Lipinski definition) is 3. The van der Waals surface area contributed by atoms with Crippen LogP contribution in [0.25, 0.3) is 0 Å². The van der Waals surface area contributed by atoms with Crippen LogP contribution in [0, 0.1) is 5.92 Å². The number of nitrogens with one attached hydrogen (secondary N) is 1. The summed E-state index contributed by atoms with van der Waals surface area (Å²) in [4.78, 5) is 4.09. The van der Waals surface area contributed by atoms with Gasteiger partial charge in [-0.15, -0.1) is 0 Å². The van der Waals surface area contributed by atoms with E-state index in [2.05, 4.69) is 31.1 Å². The third-order valence-electron chi connectivity index (χ3n) is 2.27. The van der Waals surface area contributed by atoms with Crippen LogP contribution in [-0.2, 0) is 0 Å². The first-order valence-corrected chi connectivity index (χ1v) is 3.63. The molecule has 0 amide bonds. The van der Waals surface area contributed by atoms with Crippen molar-refractivity contribution in [2.45, 2.75) is 26.3 Å². The molecule has 1 heterocycles. The molecule has 10 heavy (non-hydrogen) atoms.